The highest BCUT2D eigenvalue weighted by Crippen LogP contribution is 2.19. The van der Waals surface area contributed by atoms with Crippen LogP contribution in [0.4, 0.5) is 14.5 Å². The van der Waals surface area contributed by atoms with E-state index in [9.17, 15) is 8.78 Å². The molecule has 3 rings (SSSR count). The highest BCUT2D eigenvalue weighted by molar-refractivity contribution is 5.47. The van der Waals surface area contributed by atoms with Gasteiger partial charge in [0, 0.05) is 56.2 Å². The SMILES string of the molecule is CN1CCN(c2ccnc(Cc3cc(F)cc(F)c3)c2)CC1. The average molecular weight is 303 g/mol. The summed E-state index contributed by atoms with van der Waals surface area (Å²) in [5, 5.41) is 0. The van der Waals surface area contributed by atoms with Crippen molar-refractivity contribution in [2.75, 3.05) is 38.1 Å². The van der Waals surface area contributed by atoms with Crippen LogP contribution in [0.5, 0.6) is 0 Å². The van der Waals surface area contributed by atoms with Gasteiger partial charge in [-0.2, -0.15) is 0 Å². The van der Waals surface area contributed by atoms with Crippen molar-refractivity contribution in [3.05, 3.63) is 59.4 Å². The van der Waals surface area contributed by atoms with Gasteiger partial charge in [-0.25, -0.2) is 8.78 Å². The van der Waals surface area contributed by atoms with Crippen LogP contribution in [0.2, 0.25) is 0 Å². The number of likely N-dealkylation sites (N-methyl/N-ethyl adjacent to an activating group) is 1. The average Bonchev–Trinajstić information content (AvgIpc) is 2.47. The molecule has 1 fully saturated rings. The van der Waals surface area contributed by atoms with Crippen molar-refractivity contribution in [1.29, 1.82) is 0 Å². The predicted molar refractivity (Wildman–Crippen MR) is 83.1 cm³/mol. The van der Waals surface area contributed by atoms with Crippen molar-refractivity contribution in [1.82, 2.24) is 9.88 Å². The molecular weight excluding hydrogens is 284 g/mol. The van der Waals surface area contributed by atoms with Crippen molar-refractivity contribution in [3.8, 4) is 0 Å². The van der Waals surface area contributed by atoms with Crippen LogP contribution in [0.1, 0.15) is 11.3 Å². The standard InChI is InChI=1S/C17H19F2N3/c1-21-4-6-22(7-5-21)17-2-3-20-16(12-17)10-13-8-14(18)11-15(19)9-13/h2-3,8-9,11-12H,4-7,10H2,1H3. The summed E-state index contributed by atoms with van der Waals surface area (Å²) in [6, 6.07) is 7.59. The number of piperazine rings is 1. The first-order chi connectivity index (χ1) is 10.6. The van der Waals surface area contributed by atoms with Crippen molar-refractivity contribution in [2.45, 2.75) is 6.42 Å². The number of nitrogens with zero attached hydrogens (tertiary/aromatic N) is 3. The maximum atomic E-state index is 13.3. The molecule has 0 atom stereocenters. The van der Waals surface area contributed by atoms with E-state index < -0.39 is 11.6 Å². The summed E-state index contributed by atoms with van der Waals surface area (Å²) in [5.74, 6) is -1.10. The Morgan fingerprint density at radius 3 is 2.36 bits per heavy atom. The lowest BCUT2D eigenvalue weighted by Crippen LogP contribution is -2.44. The summed E-state index contributed by atoms with van der Waals surface area (Å²) in [6.45, 7) is 4.03. The van der Waals surface area contributed by atoms with Gasteiger partial charge < -0.3 is 9.80 Å². The molecule has 2 aromatic rings. The van der Waals surface area contributed by atoms with Gasteiger partial charge in [0.25, 0.3) is 0 Å². The number of hydrogen-bond acceptors (Lipinski definition) is 3. The summed E-state index contributed by atoms with van der Waals surface area (Å²) in [5.41, 5.74) is 2.54. The number of rotatable bonds is 3. The van der Waals surface area contributed by atoms with Gasteiger partial charge in [0.2, 0.25) is 0 Å². The van der Waals surface area contributed by atoms with Gasteiger partial charge in [-0.05, 0) is 36.9 Å². The van der Waals surface area contributed by atoms with Crippen molar-refractivity contribution in [2.24, 2.45) is 0 Å². The molecule has 5 heteroatoms. The number of pyridine rings is 1. The molecule has 1 aromatic carbocycles. The highest BCUT2D eigenvalue weighted by Gasteiger charge is 2.14. The minimum atomic E-state index is -0.551. The molecular formula is C17H19F2N3. The second kappa shape index (κ2) is 6.40. The van der Waals surface area contributed by atoms with E-state index in [0.717, 1.165) is 43.6 Å². The quantitative estimate of drug-likeness (QED) is 0.869. The number of aromatic nitrogens is 1. The Balaban J connectivity index is 1.76. The lowest BCUT2D eigenvalue weighted by Gasteiger charge is -2.34. The third-order valence-electron chi connectivity index (χ3n) is 3.98. The highest BCUT2D eigenvalue weighted by atomic mass is 19.1. The van der Waals surface area contributed by atoms with E-state index in [1.165, 1.54) is 12.1 Å². The number of benzene rings is 1. The van der Waals surface area contributed by atoms with Crippen LogP contribution in [0, 0.1) is 11.6 Å². The molecule has 1 aliphatic rings. The van der Waals surface area contributed by atoms with Gasteiger partial charge in [0.15, 0.2) is 0 Å². The molecule has 0 amide bonds. The molecule has 116 valence electrons. The van der Waals surface area contributed by atoms with Crippen LogP contribution in [-0.2, 0) is 6.42 Å². The Morgan fingerprint density at radius 2 is 1.68 bits per heavy atom. The summed E-state index contributed by atoms with van der Waals surface area (Å²) >= 11 is 0. The van der Waals surface area contributed by atoms with Crippen molar-refractivity contribution < 1.29 is 8.78 Å². The number of hydrogen-bond donors (Lipinski definition) is 0. The first-order valence-corrected chi connectivity index (χ1v) is 7.43. The van der Waals surface area contributed by atoms with E-state index in [0.29, 0.717) is 12.0 Å². The zero-order chi connectivity index (χ0) is 15.5. The monoisotopic (exact) mass is 303 g/mol. The van der Waals surface area contributed by atoms with Crippen LogP contribution in [-0.4, -0.2) is 43.1 Å². The lowest BCUT2D eigenvalue weighted by atomic mass is 10.1. The minimum Gasteiger partial charge on any atom is -0.369 e. The fourth-order valence-electron chi connectivity index (χ4n) is 2.75. The lowest BCUT2D eigenvalue weighted by molar-refractivity contribution is 0.313. The van der Waals surface area contributed by atoms with Gasteiger partial charge >= 0.3 is 0 Å². The third kappa shape index (κ3) is 3.60. The maximum Gasteiger partial charge on any atom is 0.126 e. The van der Waals surface area contributed by atoms with Crippen LogP contribution in [0.3, 0.4) is 0 Å². The third-order valence-corrected chi connectivity index (χ3v) is 3.98. The van der Waals surface area contributed by atoms with E-state index in [4.69, 9.17) is 0 Å². The Morgan fingerprint density at radius 1 is 1.00 bits per heavy atom. The molecule has 22 heavy (non-hydrogen) atoms. The molecule has 0 aliphatic carbocycles. The fraction of sp³-hybridized carbons (Fsp3) is 0.353. The summed E-state index contributed by atoms with van der Waals surface area (Å²) in [6.07, 6.45) is 2.19. The second-order valence-corrected chi connectivity index (χ2v) is 5.75. The Bertz CT molecular complexity index is 632. The normalized spacial score (nSPS) is 16.0. The fourth-order valence-corrected chi connectivity index (χ4v) is 2.75. The zero-order valence-corrected chi connectivity index (χ0v) is 12.6. The summed E-state index contributed by atoms with van der Waals surface area (Å²) in [7, 11) is 2.12. The first kappa shape index (κ1) is 14.9. The van der Waals surface area contributed by atoms with E-state index in [1.54, 1.807) is 6.20 Å². The maximum absolute atomic E-state index is 13.3. The molecule has 0 unspecified atom stereocenters. The zero-order valence-electron chi connectivity index (χ0n) is 12.6. The molecule has 0 radical (unpaired) electrons. The first-order valence-electron chi connectivity index (χ1n) is 7.43. The van der Waals surface area contributed by atoms with Crippen LogP contribution < -0.4 is 4.90 Å². The summed E-state index contributed by atoms with van der Waals surface area (Å²) in [4.78, 5) is 8.94. The molecule has 1 saturated heterocycles. The minimum absolute atomic E-state index is 0.427. The van der Waals surface area contributed by atoms with E-state index in [2.05, 4.69) is 21.8 Å². The molecule has 1 aliphatic heterocycles. The Hall–Kier alpha value is -2.01. The van der Waals surface area contributed by atoms with Gasteiger partial charge in [0.1, 0.15) is 11.6 Å². The van der Waals surface area contributed by atoms with E-state index in [-0.39, 0.29) is 0 Å². The predicted octanol–water partition coefficient (Wildman–Crippen LogP) is 2.70. The van der Waals surface area contributed by atoms with E-state index in [1.807, 2.05) is 12.1 Å². The van der Waals surface area contributed by atoms with Gasteiger partial charge in [-0.15, -0.1) is 0 Å². The summed E-state index contributed by atoms with van der Waals surface area (Å²) < 4.78 is 26.5. The smallest absolute Gasteiger partial charge is 0.126 e. The number of halogens is 2. The number of anilines is 1. The molecule has 2 heterocycles. The molecule has 0 spiro atoms. The van der Waals surface area contributed by atoms with E-state index >= 15 is 0 Å². The van der Waals surface area contributed by atoms with Crippen LogP contribution in [0.25, 0.3) is 0 Å². The topological polar surface area (TPSA) is 19.4 Å². The molecule has 0 bridgehead atoms. The molecule has 3 nitrogen and oxygen atoms in total. The largest absolute Gasteiger partial charge is 0.369 e. The van der Waals surface area contributed by atoms with Crippen LogP contribution in [0.15, 0.2) is 36.5 Å². The van der Waals surface area contributed by atoms with Gasteiger partial charge in [-0.3, -0.25) is 4.98 Å². The van der Waals surface area contributed by atoms with Gasteiger partial charge in [0.05, 0.1) is 0 Å². The molecule has 0 N–H and O–H groups in total. The second-order valence-electron chi connectivity index (χ2n) is 5.75. The Labute approximate surface area is 129 Å². The van der Waals surface area contributed by atoms with Gasteiger partial charge in [-0.1, -0.05) is 0 Å². The molecule has 0 saturated carbocycles. The van der Waals surface area contributed by atoms with Crippen molar-refractivity contribution >= 4 is 5.69 Å². The Kier molecular flexibility index (Phi) is 4.34. The van der Waals surface area contributed by atoms with Crippen LogP contribution >= 0.6 is 0 Å². The van der Waals surface area contributed by atoms with Crippen molar-refractivity contribution in [3.63, 3.8) is 0 Å². The molecule has 1 aromatic heterocycles.